The van der Waals surface area contributed by atoms with E-state index in [0.29, 0.717) is 18.7 Å². The van der Waals surface area contributed by atoms with Crippen LogP contribution in [0.1, 0.15) is 44.1 Å². The number of rotatable bonds is 7. The Bertz CT molecular complexity index is 846. The van der Waals surface area contributed by atoms with E-state index in [0.717, 1.165) is 24.2 Å². The zero-order valence-electron chi connectivity index (χ0n) is 15.7. The highest BCUT2D eigenvalue weighted by molar-refractivity contribution is 7.89. The second-order valence-electron chi connectivity index (χ2n) is 7.08. The molecule has 28 heavy (non-hydrogen) atoms. The predicted molar refractivity (Wildman–Crippen MR) is 101 cm³/mol. The van der Waals surface area contributed by atoms with Crippen LogP contribution in [0, 0.1) is 0 Å². The van der Waals surface area contributed by atoms with Gasteiger partial charge in [0.05, 0.1) is 4.90 Å². The number of nitrogens with zero attached hydrogens (tertiary/aromatic N) is 2. The van der Waals surface area contributed by atoms with Crippen molar-refractivity contribution in [1.29, 1.82) is 0 Å². The number of hydrogen-bond acceptors (Lipinski definition) is 5. The quantitative estimate of drug-likeness (QED) is 0.680. The number of nitrogens with one attached hydrogen (secondary N) is 1. The molecule has 1 aromatic carbocycles. The molecule has 9 heteroatoms. The average Bonchev–Trinajstić information content (AvgIpc) is 3.03. The first-order valence-electron chi connectivity index (χ1n) is 9.57. The molecule has 0 bridgehead atoms. The van der Waals surface area contributed by atoms with Gasteiger partial charge in [-0.15, -0.1) is 0 Å². The molecule has 1 aromatic rings. The number of carbonyl (C=O) groups excluding carboxylic acids is 3. The van der Waals surface area contributed by atoms with Crippen LogP contribution in [0.5, 0.6) is 0 Å². The number of carbonyl (C=O) groups is 3. The highest BCUT2D eigenvalue weighted by atomic mass is 32.2. The fourth-order valence-electron chi connectivity index (χ4n) is 3.44. The van der Waals surface area contributed by atoms with Crippen molar-refractivity contribution in [2.45, 2.75) is 50.0 Å². The lowest BCUT2D eigenvalue weighted by Crippen LogP contribution is -2.35. The molecule has 0 saturated carbocycles. The van der Waals surface area contributed by atoms with Crippen molar-refractivity contribution in [3.05, 3.63) is 29.8 Å². The molecule has 2 heterocycles. The van der Waals surface area contributed by atoms with Crippen LogP contribution in [0.25, 0.3) is 0 Å². The molecule has 152 valence electrons. The second kappa shape index (κ2) is 8.83. The van der Waals surface area contributed by atoms with Crippen LogP contribution in [0.4, 0.5) is 0 Å². The van der Waals surface area contributed by atoms with Gasteiger partial charge >= 0.3 is 0 Å². The van der Waals surface area contributed by atoms with Crippen LogP contribution in [0.2, 0.25) is 0 Å². The summed E-state index contributed by atoms with van der Waals surface area (Å²) in [4.78, 5) is 36.5. The lowest BCUT2D eigenvalue weighted by Gasteiger charge is -2.26. The molecule has 0 radical (unpaired) electrons. The number of piperidine rings is 1. The molecule has 0 aromatic heterocycles. The third-order valence-corrected chi connectivity index (χ3v) is 6.95. The van der Waals surface area contributed by atoms with Crippen LogP contribution in [0.3, 0.4) is 0 Å². The molecule has 0 aliphatic carbocycles. The van der Waals surface area contributed by atoms with E-state index in [1.165, 1.54) is 4.31 Å². The number of hydrogen-bond donors (Lipinski definition) is 1. The van der Waals surface area contributed by atoms with Gasteiger partial charge in [-0.2, -0.15) is 4.31 Å². The molecule has 1 N–H and O–H groups in total. The summed E-state index contributed by atoms with van der Waals surface area (Å²) < 4.78 is 27.0. The third kappa shape index (κ3) is 4.77. The summed E-state index contributed by atoms with van der Waals surface area (Å²) in [5.41, 5.74) is 0.680. The van der Waals surface area contributed by atoms with E-state index in [1.807, 2.05) is 0 Å². The highest BCUT2D eigenvalue weighted by Gasteiger charge is 2.29. The Kier molecular flexibility index (Phi) is 6.46. The Morgan fingerprint density at radius 3 is 2.39 bits per heavy atom. The Morgan fingerprint density at radius 2 is 1.71 bits per heavy atom. The Balaban J connectivity index is 1.55. The van der Waals surface area contributed by atoms with E-state index in [2.05, 4.69) is 5.32 Å². The van der Waals surface area contributed by atoms with E-state index in [9.17, 15) is 22.8 Å². The van der Waals surface area contributed by atoms with Crippen molar-refractivity contribution >= 4 is 27.7 Å². The number of imide groups is 1. The van der Waals surface area contributed by atoms with Crippen molar-refractivity contribution < 1.29 is 22.8 Å². The van der Waals surface area contributed by atoms with E-state index < -0.39 is 10.0 Å². The lowest BCUT2D eigenvalue weighted by atomic mass is 10.2. The smallest absolute Gasteiger partial charge is 0.243 e. The molecule has 2 aliphatic heterocycles. The molecule has 2 aliphatic rings. The summed E-state index contributed by atoms with van der Waals surface area (Å²) in [6.45, 7) is 1.34. The predicted octanol–water partition coefficient (Wildman–Crippen LogP) is 1.02. The summed E-state index contributed by atoms with van der Waals surface area (Å²) in [7, 11) is -3.52. The molecule has 0 atom stereocenters. The summed E-state index contributed by atoms with van der Waals surface area (Å²) >= 11 is 0. The number of benzene rings is 1. The van der Waals surface area contributed by atoms with E-state index in [-0.39, 0.29) is 55.0 Å². The van der Waals surface area contributed by atoms with Crippen LogP contribution in [-0.4, -0.2) is 55.0 Å². The van der Waals surface area contributed by atoms with Crippen molar-refractivity contribution in [3.8, 4) is 0 Å². The molecule has 3 rings (SSSR count). The molecule has 0 spiro atoms. The lowest BCUT2D eigenvalue weighted by molar-refractivity contribution is -0.138. The van der Waals surface area contributed by atoms with Crippen LogP contribution in [0.15, 0.2) is 29.2 Å². The average molecular weight is 407 g/mol. The van der Waals surface area contributed by atoms with Gasteiger partial charge in [0.2, 0.25) is 27.7 Å². The molecular weight excluding hydrogens is 382 g/mol. The molecule has 8 nitrogen and oxygen atoms in total. The van der Waals surface area contributed by atoms with Crippen molar-refractivity contribution in [1.82, 2.24) is 14.5 Å². The normalized spacial score (nSPS) is 18.5. The van der Waals surface area contributed by atoms with E-state index >= 15 is 0 Å². The zero-order valence-corrected chi connectivity index (χ0v) is 16.5. The van der Waals surface area contributed by atoms with Crippen molar-refractivity contribution in [3.63, 3.8) is 0 Å². The van der Waals surface area contributed by atoms with Crippen molar-refractivity contribution in [2.24, 2.45) is 0 Å². The Hall–Kier alpha value is -2.26. The standard InChI is InChI=1S/C19H25N3O5S/c23-17(9-12-22-18(24)7-8-19(22)25)20-14-15-5-4-6-16(13-15)28(26,27)21-10-2-1-3-11-21/h4-6,13H,1-3,7-12,14H2,(H,20,23). The first-order chi connectivity index (χ1) is 13.4. The minimum absolute atomic E-state index is 0.0310. The first kappa shape index (κ1) is 20.5. The van der Waals surface area contributed by atoms with Crippen molar-refractivity contribution in [2.75, 3.05) is 19.6 Å². The number of likely N-dealkylation sites (tertiary alicyclic amines) is 1. The molecular formula is C19H25N3O5S. The van der Waals surface area contributed by atoms with E-state index in [1.54, 1.807) is 24.3 Å². The molecule has 2 saturated heterocycles. The monoisotopic (exact) mass is 407 g/mol. The SMILES string of the molecule is O=C(CCN1C(=O)CCC1=O)NCc1cccc(S(=O)(=O)N2CCCCC2)c1. The molecule has 0 unspecified atom stereocenters. The fraction of sp³-hybridized carbons (Fsp3) is 0.526. The van der Waals surface area contributed by atoms with Crippen LogP contribution >= 0.6 is 0 Å². The van der Waals surface area contributed by atoms with Gasteiger partial charge < -0.3 is 5.32 Å². The maximum atomic E-state index is 12.8. The minimum atomic E-state index is -3.52. The minimum Gasteiger partial charge on any atom is -0.352 e. The highest BCUT2D eigenvalue weighted by Crippen LogP contribution is 2.21. The van der Waals surface area contributed by atoms with Crippen LogP contribution < -0.4 is 5.32 Å². The Morgan fingerprint density at radius 1 is 1.04 bits per heavy atom. The van der Waals surface area contributed by atoms with Gasteiger partial charge in [-0.05, 0) is 30.5 Å². The van der Waals surface area contributed by atoms with Gasteiger partial charge in [0.15, 0.2) is 0 Å². The summed E-state index contributed by atoms with van der Waals surface area (Å²) in [6.07, 6.45) is 3.24. The first-order valence-corrected chi connectivity index (χ1v) is 11.0. The second-order valence-corrected chi connectivity index (χ2v) is 9.02. The summed E-state index contributed by atoms with van der Waals surface area (Å²) in [5, 5.41) is 2.71. The largest absolute Gasteiger partial charge is 0.352 e. The number of sulfonamides is 1. The third-order valence-electron chi connectivity index (χ3n) is 5.06. The molecule has 3 amide bonds. The summed E-state index contributed by atoms with van der Waals surface area (Å²) in [6, 6.07) is 6.57. The van der Waals surface area contributed by atoms with Gasteiger partial charge in [-0.25, -0.2) is 8.42 Å². The van der Waals surface area contributed by atoms with Crippen LogP contribution in [-0.2, 0) is 31.0 Å². The molecule has 2 fully saturated rings. The fourth-order valence-corrected chi connectivity index (χ4v) is 5.03. The zero-order chi connectivity index (χ0) is 20.1. The topological polar surface area (TPSA) is 104 Å². The Labute approximate surface area is 164 Å². The van der Waals surface area contributed by atoms with Gasteiger partial charge in [-0.3, -0.25) is 19.3 Å². The van der Waals surface area contributed by atoms with Gasteiger partial charge in [0.25, 0.3) is 0 Å². The van der Waals surface area contributed by atoms with Gasteiger partial charge in [0, 0.05) is 45.4 Å². The maximum Gasteiger partial charge on any atom is 0.243 e. The summed E-state index contributed by atoms with van der Waals surface area (Å²) in [5.74, 6) is -0.779. The van der Waals surface area contributed by atoms with Gasteiger partial charge in [-0.1, -0.05) is 18.6 Å². The van der Waals surface area contributed by atoms with E-state index in [4.69, 9.17) is 0 Å². The number of amides is 3. The van der Waals surface area contributed by atoms with Gasteiger partial charge in [0.1, 0.15) is 0 Å². The maximum absolute atomic E-state index is 12.8.